The molecule has 1 aliphatic heterocycles. The van der Waals surface area contributed by atoms with E-state index in [0.717, 1.165) is 25.9 Å². The summed E-state index contributed by atoms with van der Waals surface area (Å²) in [6.45, 7) is 11.8. The quantitative estimate of drug-likeness (QED) is 0.216. The number of nitrogens with zero attached hydrogens (tertiary/aromatic N) is 2. The number of rotatable bonds is 13. The lowest BCUT2D eigenvalue weighted by Crippen LogP contribution is -2.49. The molecule has 0 bridgehead atoms. The number of aliphatic carboxylic acids is 1. The van der Waals surface area contributed by atoms with E-state index >= 15 is 4.39 Å². The fourth-order valence-corrected chi connectivity index (χ4v) is 6.50. The highest BCUT2D eigenvalue weighted by Gasteiger charge is 2.29. The van der Waals surface area contributed by atoms with Gasteiger partial charge in [-0.1, -0.05) is 20.3 Å². The maximum Gasteiger partial charge on any atom is 0.305 e. The van der Waals surface area contributed by atoms with Crippen molar-refractivity contribution in [3.63, 3.8) is 0 Å². The summed E-state index contributed by atoms with van der Waals surface area (Å²) in [6.07, 6.45) is 4.63. The highest BCUT2D eigenvalue weighted by Crippen LogP contribution is 2.34. The van der Waals surface area contributed by atoms with Gasteiger partial charge in [0.1, 0.15) is 23.2 Å². The smallest absolute Gasteiger partial charge is 0.305 e. The number of hydrogen-bond acceptors (Lipinski definition) is 5. The topological polar surface area (TPSA) is 121 Å². The molecule has 4 rings (SSSR count). The second-order valence-corrected chi connectivity index (χ2v) is 13.2. The van der Waals surface area contributed by atoms with Gasteiger partial charge in [-0.15, -0.1) is 0 Å². The number of benzene rings is 2. The van der Waals surface area contributed by atoms with Gasteiger partial charge in [0, 0.05) is 24.8 Å². The van der Waals surface area contributed by atoms with Crippen LogP contribution < -0.4 is 16.2 Å². The largest absolute Gasteiger partial charge is 0.481 e. The first-order chi connectivity index (χ1) is 22.7. The Balaban J connectivity index is 1.60. The van der Waals surface area contributed by atoms with Crippen molar-refractivity contribution in [3.05, 3.63) is 92.4 Å². The van der Waals surface area contributed by atoms with Crippen molar-refractivity contribution in [1.82, 2.24) is 20.1 Å². The summed E-state index contributed by atoms with van der Waals surface area (Å²) in [5, 5.41) is 15.1. The van der Waals surface area contributed by atoms with Crippen molar-refractivity contribution in [1.29, 1.82) is 0 Å². The van der Waals surface area contributed by atoms with Gasteiger partial charge in [-0.05, 0) is 123 Å². The summed E-state index contributed by atoms with van der Waals surface area (Å²) in [4.78, 5) is 54.8. The van der Waals surface area contributed by atoms with Crippen LogP contribution in [0.1, 0.15) is 84.6 Å². The molecule has 0 radical (unpaired) electrons. The van der Waals surface area contributed by atoms with E-state index in [4.69, 9.17) is 0 Å². The number of carbonyl (C=O) groups is 3. The zero-order valence-electron chi connectivity index (χ0n) is 28.4. The Labute approximate surface area is 280 Å². The number of carboxylic acid groups (broad SMARTS) is 1. The summed E-state index contributed by atoms with van der Waals surface area (Å²) >= 11 is 0. The third kappa shape index (κ3) is 9.15. The second-order valence-electron chi connectivity index (χ2n) is 13.2. The lowest BCUT2D eigenvalue weighted by atomic mass is 9.90. The van der Waals surface area contributed by atoms with Gasteiger partial charge in [0.15, 0.2) is 0 Å². The molecule has 3 N–H and O–H groups in total. The zero-order chi connectivity index (χ0) is 35.1. The normalized spacial score (nSPS) is 14.8. The fourth-order valence-electron chi connectivity index (χ4n) is 6.50. The van der Waals surface area contributed by atoms with Crippen molar-refractivity contribution in [3.8, 4) is 11.1 Å². The molecule has 3 aromatic rings. The number of piperidine rings is 1. The average molecular weight is 665 g/mol. The predicted octanol–water partition coefficient (Wildman–Crippen LogP) is 5.68. The summed E-state index contributed by atoms with van der Waals surface area (Å²) < 4.78 is 31.2. The van der Waals surface area contributed by atoms with Crippen LogP contribution in [0.2, 0.25) is 0 Å². The third-order valence-corrected chi connectivity index (χ3v) is 8.84. The summed E-state index contributed by atoms with van der Waals surface area (Å²) in [5.41, 5.74) is 2.07. The van der Waals surface area contributed by atoms with Gasteiger partial charge >= 0.3 is 5.97 Å². The lowest BCUT2D eigenvalue weighted by molar-refractivity contribution is -0.137. The summed E-state index contributed by atoms with van der Waals surface area (Å²) in [6, 6.07) is 6.43. The van der Waals surface area contributed by atoms with E-state index in [1.54, 1.807) is 32.2 Å². The molecule has 11 heteroatoms. The van der Waals surface area contributed by atoms with Crippen LogP contribution in [0.5, 0.6) is 0 Å². The van der Waals surface area contributed by atoms with Crippen molar-refractivity contribution >= 4 is 17.8 Å². The molecule has 0 aliphatic carbocycles. The van der Waals surface area contributed by atoms with Gasteiger partial charge in [-0.3, -0.25) is 19.2 Å². The molecular formula is C37H46F2N4O5. The molecule has 2 heterocycles. The van der Waals surface area contributed by atoms with E-state index in [2.05, 4.69) is 15.5 Å². The van der Waals surface area contributed by atoms with Crippen molar-refractivity contribution < 1.29 is 28.3 Å². The molecular weight excluding hydrogens is 618 g/mol. The molecule has 48 heavy (non-hydrogen) atoms. The number of amides is 2. The Morgan fingerprint density at radius 2 is 1.58 bits per heavy atom. The van der Waals surface area contributed by atoms with Gasteiger partial charge < -0.3 is 25.2 Å². The third-order valence-electron chi connectivity index (χ3n) is 8.84. The van der Waals surface area contributed by atoms with Gasteiger partial charge in [0.05, 0.1) is 12.5 Å². The molecule has 9 nitrogen and oxygen atoms in total. The fraction of sp³-hybridized carbons (Fsp3) is 0.459. The van der Waals surface area contributed by atoms with Crippen molar-refractivity contribution in [2.45, 2.75) is 85.4 Å². The number of carboxylic acids is 1. The maximum absolute atomic E-state index is 15.7. The maximum atomic E-state index is 15.7. The van der Waals surface area contributed by atoms with E-state index in [-0.39, 0.29) is 29.0 Å². The molecule has 1 aliphatic rings. The molecule has 0 saturated carbocycles. The van der Waals surface area contributed by atoms with E-state index in [9.17, 15) is 28.7 Å². The van der Waals surface area contributed by atoms with Gasteiger partial charge in [0.2, 0.25) is 5.91 Å². The summed E-state index contributed by atoms with van der Waals surface area (Å²) in [7, 11) is 0. The minimum Gasteiger partial charge on any atom is -0.481 e. The standard InChI is InChI=1S/C37H46F2N4O5/c1-22(2)16-31(41-35(46)28-10-9-13-43(37(28)48)15-14-42-11-7-6-8-12-42)36(47)40-30(21-32(44)45)29-20-26(17-25(5)34(29)39)33-23(3)18-27(38)19-24(33)4/h9-10,13,17-20,22,30-31H,6-8,11-12,14-16,21H2,1-5H3,(H,40,47)(H,41,46)(H,44,45)/t30-,31-/m0/s1. The Kier molecular flexibility index (Phi) is 12.3. The number of hydrogen-bond donors (Lipinski definition) is 3. The first kappa shape index (κ1) is 36.5. The second kappa shape index (κ2) is 16.1. The number of pyridine rings is 1. The molecule has 1 saturated heterocycles. The van der Waals surface area contributed by atoms with Gasteiger partial charge in [-0.25, -0.2) is 8.78 Å². The van der Waals surface area contributed by atoms with Crippen molar-refractivity contribution in [2.75, 3.05) is 19.6 Å². The predicted molar refractivity (Wildman–Crippen MR) is 181 cm³/mol. The van der Waals surface area contributed by atoms with E-state index in [0.29, 0.717) is 35.3 Å². The van der Waals surface area contributed by atoms with Crippen LogP contribution in [-0.2, 0) is 16.1 Å². The molecule has 1 aromatic heterocycles. The van der Waals surface area contributed by atoms with Gasteiger partial charge in [0.25, 0.3) is 11.5 Å². The van der Waals surface area contributed by atoms with Crippen LogP contribution >= 0.6 is 0 Å². The Hall–Kier alpha value is -4.38. The monoisotopic (exact) mass is 664 g/mol. The van der Waals surface area contributed by atoms with E-state index in [1.807, 2.05) is 13.8 Å². The number of likely N-dealkylation sites (tertiary alicyclic amines) is 1. The number of aromatic nitrogens is 1. The van der Waals surface area contributed by atoms with Crippen LogP contribution in [-0.4, -0.2) is 58.0 Å². The number of halogens is 2. The average Bonchev–Trinajstić information content (AvgIpc) is 3.01. The minimum atomic E-state index is -1.29. The van der Waals surface area contributed by atoms with E-state index in [1.165, 1.54) is 42.2 Å². The van der Waals surface area contributed by atoms with Crippen LogP contribution in [0.15, 0.2) is 47.4 Å². The molecule has 0 unspecified atom stereocenters. The number of carbonyl (C=O) groups excluding carboxylic acids is 2. The molecule has 1 fully saturated rings. The molecule has 0 spiro atoms. The van der Waals surface area contributed by atoms with Gasteiger partial charge in [-0.2, -0.15) is 0 Å². The molecule has 258 valence electrons. The molecule has 2 atom stereocenters. The Morgan fingerprint density at radius 1 is 0.917 bits per heavy atom. The highest BCUT2D eigenvalue weighted by molar-refractivity contribution is 5.97. The SMILES string of the molecule is Cc1cc(-c2c(C)cc(F)cc2C)cc([C@H](CC(=O)O)NC(=O)[C@H](CC(C)C)NC(=O)c2cccn(CCN3CCCCC3)c2=O)c1F. The van der Waals surface area contributed by atoms with Crippen LogP contribution in [0.3, 0.4) is 0 Å². The number of nitrogens with one attached hydrogen (secondary N) is 2. The highest BCUT2D eigenvalue weighted by atomic mass is 19.1. The first-order valence-electron chi connectivity index (χ1n) is 16.6. The van der Waals surface area contributed by atoms with Crippen LogP contribution in [0.25, 0.3) is 11.1 Å². The first-order valence-corrected chi connectivity index (χ1v) is 16.6. The summed E-state index contributed by atoms with van der Waals surface area (Å²) in [5.74, 6) is -3.86. The molecule has 2 amide bonds. The minimum absolute atomic E-state index is 0.0434. The number of aryl methyl sites for hydroxylation is 3. The van der Waals surface area contributed by atoms with Crippen molar-refractivity contribution in [2.24, 2.45) is 5.92 Å². The lowest BCUT2D eigenvalue weighted by Gasteiger charge is -2.26. The Bertz CT molecular complexity index is 1690. The Morgan fingerprint density at radius 3 is 2.21 bits per heavy atom. The van der Waals surface area contributed by atoms with E-state index < -0.39 is 53.5 Å². The van der Waals surface area contributed by atoms with Crippen LogP contribution in [0.4, 0.5) is 8.78 Å². The van der Waals surface area contributed by atoms with Crippen LogP contribution in [0, 0.1) is 38.3 Å². The molecule has 2 aromatic carbocycles. The zero-order valence-corrected chi connectivity index (χ0v) is 28.4.